The number of aromatic amines is 1. The SMILES string of the molecule is COc1cccc2[nH]c(C(=O)C[C@@H](Cc3cc(Cl)cc(Cl)c3)C(=O)N[C@H](C#N)CC3CCNC3=O)cc12. The summed E-state index contributed by atoms with van der Waals surface area (Å²) in [5, 5.41) is 16.7. The lowest BCUT2D eigenvalue weighted by Crippen LogP contribution is -2.41. The smallest absolute Gasteiger partial charge is 0.224 e. The van der Waals surface area contributed by atoms with E-state index in [0.29, 0.717) is 40.0 Å². The standard InChI is InChI=1S/C27H26Cl2N4O4/c1-37-25-4-2-3-22-21(25)13-23(33-22)24(34)11-17(7-15-8-18(28)12-19(29)9-15)27(36)32-20(14-30)10-16-5-6-31-26(16)35/h2-4,8-9,12-13,16-17,20,33H,5-7,10-11H2,1H3,(H,31,35)(H,32,36)/t16?,17-,20+/m1/s1. The number of nitriles is 1. The van der Waals surface area contributed by atoms with Gasteiger partial charge < -0.3 is 20.4 Å². The number of halogens is 2. The van der Waals surface area contributed by atoms with E-state index in [-0.39, 0.29) is 36.9 Å². The fraction of sp³-hybridized carbons (Fsp3) is 0.333. The molecular formula is C27H26Cl2N4O4. The van der Waals surface area contributed by atoms with Crippen LogP contribution in [0.15, 0.2) is 42.5 Å². The zero-order chi connectivity index (χ0) is 26.5. The Morgan fingerprint density at radius 3 is 2.62 bits per heavy atom. The highest BCUT2D eigenvalue weighted by Crippen LogP contribution is 2.28. The highest BCUT2D eigenvalue weighted by Gasteiger charge is 2.30. The number of nitrogens with zero attached hydrogens (tertiary/aromatic N) is 1. The summed E-state index contributed by atoms with van der Waals surface area (Å²) in [6.45, 7) is 0.553. The van der Waals surface area contributed by atoms with Gasteiger partial charge in [0.1, 0.15) is 11.8 Å². The third-order valence-electron chi connectivity index (χ3n) is 6.51. The molecule has 1 saturated heterocycles. The van der Waals surface area contributed by atoms with Gasteiger partial charge in [-0.15, -0.1) is 0 Å². The summed E-state index contributed by atoms with van der Waals surface area (Å²) in [5.74, 6) is -1.35. The van der Waals surface area contributed by atoms with Crippen molar-refractivity contribution < 1.29 is 19.1 Å². The maximum Gasteiger partial charge on any atom is 0.224 e. The van der Waals surface area contributed by atoms with Gasteiger partial charge in [0.05, 0.1) is 18.9 Å². The third kappa shape index (κ3) is 6.43. The number of carbonyl (C=O) groups is 3. The zero-order valence-electron chi connectivity index (χ0n) is 20.1. The van der Waals surface area contributed by atoms with Crippen LogP contribution in [0.4, 0.5) is 0 Å². The van der Waals surface area contributed by atoms with Crippen LogP contribution in [-0.4, -0.2) is 42.3 Å². The molecule has 4 rings (SSSR count). The number of aromatic nitrogens is 1. The van der Waals surface area contributed by atoms with Gasteiger partial charge in [-0.2, -0.15) is 5.26 Å². The van der Waals surface area contributed by atoms with Crippen LogP contribution in [-0.2, 0) is 16.0 Å². The van der Waals surface area contributed by atoms with E-state index in [0.717, 1.165) is 10.9 Å². The Bertz CT molecular complexity index is 1360. The molecule has 1 unspecified atom stereocenters. The van der Waals surface area contributed by atoms with Crippen molar-refractivity contribution in [1.29, 1.82) is 5.26 Å². The summed E-state index contributed by atoms with van der Waals surface area (Å²) in [7, 11) is 1.56. The minimum Gasteiger partial charge on any atom is -0.496 e. The van der Waals surface area contributed by atoms with Crippen LogP contribution >= 0.6 is 23.2 Å². The molecule has 2 heterocycles. The quantitative estimate of drug-likeness (QED) is 0.327. The average Bonchev–Trinajstić information content (AvgIpc) is 3.48. The lowest BCUT2D eigenvalue weighted by atomic mass is 9.91. The van der Waals surface area contributed by atoms with Crippen molar-refractivity contribution in [3.8, 4) is 11.8 Å². The van der Waals surface area contributed by atoms with Crippen LogP contribution in [0, 0.1) is 23.2 Å². The van der Waals surface area contributed by atoms with Crippen LogP contribution < -0.4 is 15.4 Å². The normalized spacial score (nSPS) is 16.6. The summed E-state index contributed by atoms with van der Waals surface area (Å²) in [4.78, 5) is 41.7. The Kier molecular flexibility index (Phi) is 8.37. The van der Waals surface area contributed by atoms with Gasteiger partial charge in [-0.05, 0) is 61.2 Å². The molecule has 3 atom stereocenters. The zero-order valence-corrected chi connectivity index (χ0v) is 21.7. The van der Waals surface area contributed by atoms with Gasteiger partial charge in [0, 0.05) is 45.7 Å². The molecule has 1 fully saturated rings. The molecule has 2 aromatic carbocycles. The second-order valence-corrected chi connectivity index (χ2v) is 9.99. The molecule has 1 aromatic heterocycles. The number of ether oxygens (including phenoxy) is 1. The van der Waals surface area contributed by atoms with Crippen molar-refractivity contribution in [1.82, 2.24) is 15.6 Å². The number of methoxy groups -OCH3 is 1. The van der Waals surface area contributed by atoms with Crippen LogP contribution in [0.2, 0.25) is 10.0 Å². The molecule has 3 N–H and O–H groups in total. The summed E-state index contributed by atoms with van der Waals surface area (Å²) in [5.41, 5.74) is 1.78. The van der Waals surface area contributed by atoms with Crippen LogP contribution in [0.3, 0.4) is 0 Å². The topological polar surface area (TPSA) is 124 Å². The highest BCUT2D eigenvalue weighted by molar-refractivity contribution is 6.34. The maximum absolute atomic E-state index is 13.4. The Morgan fingerprint density at radius 2 is 1.97 bits per heavy atom. The number of amides is 2. The first-order valence-electron chi connectivity index (χ1n) is 11.9. The fourth-order valence-corrected chi connectivity index (χ4v) is 5.22. The molecule has 1 aliphatic rings. The van der Waals surface area contributed by atoms with E-state index in [1.165, 1.54) is 0 Å². The van der Waals surface area contributed by atoms with Crippen LogP contribution in [0.1, 0.15) is 35.3 Å². The number of carbonyl (C=O) groups excluding carboxylic acids is 3. The summed E-state index contributed by atoms with van der Waals surface area (Å²) >= 11 is 12.3. The van der Waals surface area contributed by atoms with E-state index in [4.69, 9.17) is 27.9 Å². The molecule has 8 nitrogen and oxygen atoms in total. The van der Waals surface area contributed by atoms with E-state index in [1.54, 1.807) is 37.4 Å². The van der Waals surface area contributed by atoms with E-state index in [9.17, 15) is 19.6 Å². The Balaban J connectivity index is 1.56. The van der Waals surface area contributed by atoms with Gasteiger partial charge in [-0.25, -0.2) is 0 Å². The average molecular weight is 541 g/mol. The van der Waals surface area contributed by atoms with Crippen molar-refractivity contribution in [3.63, 3.8) is 0 Å². The second-order valence-electron chi connectivity index (χ2n) is 9.11. The number of H-pyrrole nitrogens is 1. The number of ketones is 1. The summed E-state index contributed by atoms with van der Waals surface area (Å²) in [6, 6.07) is 13.3. The predicted molar refractivity (Wildman–Crippen MR) is 141 cm³/mol. The highest BCUT2D eigenvalue weighted by atomic mass is 35.5. The monoisotopic (exact) mass is 540 g/mol. The maximum atomic E-state index is 13.4. The van der Waals surface area contributed by atoms with E-state index >= 15 is 0 Å². The molecular weight excluding hydrogens is 515 g/mol. The molecule has 1 aliphatic heterocycles. The number of benzene rings is 2. The minimum atomic E-state index is -0.862. The van der Waals surface area contributed by atoms with E-state index in [2.05, 4.69) is 21.7 Å². The van der Waals surface area contributed by atoms with Gasteiger partial charge in [0.2, 0.25) is 11.8 Å². The van der Waals surface area contributed by atoms with Crippen LogP contribution in [0.25, 0.3) is 10.9 Å². The first kappa shape index (κ1) is 26.5. The van der Waals surface area contributed by atoms with Gasteiger partial charge in [-0.1, -0.05) is 29.3 Å². The summed E-state index contributed by atoms with van der Waals surface area (Å²) < 4.78 is 5.38. The van der Waals surface area contributed by atoms with E-state index < -0.39 is 17.9 Å². The number of nitrogens with one attached hydrogen (secondary N) is 3. The first-order chi connectivity index (χ1) is 17.8. The predicted octanol–water partition coefficient (Wildman–Crippen LogP) is 4.45. The third-order valence-corrected chi connectivity index (χ3v) is 6.94. The summed E-state index contributed by atoms with van der Waals surface area (Å²) in [6.07, 6.45) is 0.885. The molecule has 0 aliphatic carbocycles. The van der Waals surface area contributed by atoms with Crippen molar-refractivity contribution >= 4 is 51.7 Å². The fourth-order valence-electron chi connectivity index (χ4n) is 4.65. The number of fused-ring (bicyclic) bond motifs is 1. The Morgan fingerprint density at radius 1 is 1.22 bits per heavy atom. The van der Waals surface area contributed by atoms with Gasteiger partial charge in [0.15, 0.2) is 5.78 Å². The van der Waals surface area contributed by atoms with Gasteiger partial charge in [-0.3, -0.25) is 14.4 Å². The molecule has 10 heteroatoms. The molecule has 37 heavy (non-hydrogen) atoms. The number of rotatable bonds is 10. The lowest BCUT2D eigenvalue weighted by molar-refractivity contribution is -0.126. The number of hydrogen-bond acceptors (Lipinski definition) is 5. The molecule has 192 valence electrons. The van der Waals surface area contributed by atoms with Crippen LogP contribution in [0.5, 0.6) is 5.75 Å². The Hall–Kier alpha value is -3.54. The molecule has 0 spiro atoms. The Labute approximate surface area is 224 Å². The first-order valence-corrected chi connectivity index (χ1v) is 12.6. The molecule has 0 bridgehead atoms. The molecule has 0 radical (unpaired) electrons. The molecule has 0 saturated carbocycles. The minimum absolute atomic E-state index is 0.118. The number of Topliss-reactive ketones (excluding diaryl/α,β-unsaturated/α-hetero) is 1. The van der Waals surface area contributed by atoms with Crippen molar-refractivity contribution in [3.05, 3.63) is 63.8 Å². The van der Waals surface area contributed by atoms with Crippen molar-refractivity contribution in [2.24, 2.45) is 11.8 Å². The van der Waals surface area contributed by atoms with Crippen molar-refractivity contribution in [2.45, 2.75) is 31.7 Å². The second kappa shape index (κ2) is 11.7. The lowest BCUT2D eigenvalue weighted by Gasteiger charge is -2.20. The number of hydrogen-bond donors (Lipinski definition) is 3. The van der Waals surface area contributed by atoms with Gasteiger partial charge in [0.25, 0.3) is 0 Å². The van der Waals surface area contributed by atoms with Crippen molar-refractivity contribution in [2.75, 3.05) is 13.7 Å². The molecule has 2 amide bonds. The molecule has 3 aromatic rings. The van der Waals surface area contributed by atoms with E-state index in [1.807, 2.05) is 12.1 Å². The van der Waals surface area contributed by atoms with Gasteiger partial charge >= 0.3 is 0 Å². The largest absolute Gasteiger partial charge is 0.496 e.